The number of para-hydroxylation sites is 1. The van der Waals surface area contributed by atoms with Gasteiger partial charge in [-0.1, -0.05) is 18.2 Å². The van der Waals surface area contributed by atoms with Crippen molar-refractivity contribution in [3.05, 3.63) is 41.6 Å². The Kier molecular flexibility index (Phi) is 1.79. The summed E-state index contributed by atoms with van der Waals surface area (Å²) in [6, 6.07) is 8.68. The molecule has 0 aliphatic carbocycles. The summed E-state index contributed by atoms with van der Waals surface area (Å²) in [7, 11) is 0. The summed E-state index contributed by atoms with van der Waals surface area (Å²) in [5.41, 5.74) is 11.3. The van der Waals surface area contributed by atoms with Crippen LogP contribution in [0.1, 0.15) is 25.8 Å². The fourth-order valence-electron chi connectivity index (χ4n) is 3.14. The van der Waals surface area contributed by atoms with Crippen LogP contribution in [0.2, 0.25) is 0 Å². The first-order valence-electron chi connectivity index (χ1n) is 5.82. The Labute approximate surface area is 96.1 Å². The van der Waals surface area contributed by atoms with Crippen molar-refractivity contribution in [1.82, 2.24) is 0 Å². The Morgan fingerprint density at radius 3 is 2.81 bits per heavy atom. The van der Waals surface area contributed by atoms with Gasteiger partial charge in [0, 0.05) is 29.8 Å². The Morgan fingerprint density at radius 1 is 1.31 bits per heavy atom. The second-order valence-corrected chi connectivity index (χ2v) is 5.08. The topological polar surface area (TPSA) is 29.0 Å². The predicted octanol–water partition coefficient (Wildman–Crippen LogP) is 2.31. The van der Waals surface area contributed by atoms with Gasteiger partial charge in [-0.25, -0.2) is 0 Å². The first-order valence-corrected chi connectivity index (χ1v) is 5.82. The number of hydrogen-bond donors (Lipinski definition) is 1. The largest absolute Gasteiger partial charge is 0.404 e. The molecule has 3 rings (SSSR count). The first kappa shape index (κ1) is 9.64. The molecule has 0 fully saturated rings. The molecule has 0 unspecified atom stereocenters. The fraction of sp³-hybridized carbons (Fsp3) is 0.357. The van der Waals surface area contributed by atoms with E-state index in [0.717, 1.165) is 13.0 Å². The zero-order valence-electron chi connectivity index (χ0n) is 9.83. The van der Waals surface area contributed by atoms with Crippen LogP contribution in [0.25, 0.3) is 0 Å². The lowest BCUT2D eigenvalue weighted by atomic mass is 9.79. The molecule has 1 aromatic carbocycles. The highest BCUT2D eigenvalue weighted by Gasteiger charge is 2.49. The maximum atomic E-state index is 5.74. The van der Waals surface area contributed by atoms with Crippen LogP contribution in [0.3, 0.4) is 0 Å². The van der Waals surface area contributed by atoms with Crippen LogP contribution < -0.4 is 5.73 Å². The predicted molar refractivity (Wildman–Crippen MR) is 66.1 cm³/mol. The number of rotatable bonds is 0. The van der Waals surface area contributed by atoms with Crippen molar-refractivity contribution in [2.45, 2.75) is 25.7 Å². The molecule has 0 aromatic heterocycles. The number of hydrogen-bond acceptors (Lipinski definition) is 1. The number of nitrogens with zero attached hydrogens (tertiary/aromatic N) is 1. The molecule has 0 atom stereocenters. The van der Waals surface area contributed by atoms with Gasteiger partial charge >= 0.3 is 0 Å². The molecule has 2 N–H and O–H groups in total. The normalized spacial score (nSPS) is 23.8. The molecule has 82 valence electrons. The smallest absolute Gasteiger partial charge is 0.209 e. The van der Waals surface area contributed by atoms with Gasteiger partial charge in [0.25, 0.3) is 0 Å². The molecule has 0 bridgehead atoms. The minimum atomic E-state index is 0.0955. The molecule has 16 heavy (non-hydrogen) atoms. The molecule has 2 heteroatoms. The lowest BCUT2D eigenvalue weighted by molar-refractivity contribution is -0.428. The van der Waals surface area contributed by atoms with E-state index in [4.69, 9.17) is 5.73 Å². The molecule has 1 aromatic rings. The molecule has 2 aliphatic heterocycles. The van der Waals surface area contributed by atoms with E-state index in [1.807, 2.05) is 0 Å². The van der Waals surface area contributed by atoms with Crippen LogP contribution in [0.4, 0.5) is 5.69 Å². The monoisotopic (exact) mass is 213 g/mol. The Balaban J connectivity index is 2.29. The van der Waals surface area contributed by atoms with E-state index in [1.165, 1.54) is 22.5 Å². The quantitative estimate of drug-likeness (QED) is 0.658. The van der Waals surface area contributed by atoms with Crippen LogP contribution in [-0.4, -0.2) is 16.8 Å². The zero-order chi connectivity index (χ0) is 11.3. The lowest BCUT2D eigenvalue weighted by Crippen LogP contribution is -2.27. The van der Waals surface area contributed by atoms with E-state index >= 15 is 0 Å². The van der Waals surface area contributed by atoms with Crippen molar-refractivity contribution >= 4 is 11.4 Å². The zero-order valence-corrected chi connectivity index (χ0v) is 9.83. The lowest BCUT2D eigenvalue weighted by Gasteiger charge is -2.17. The number of nitrogens with two attached hydrogens (primary N) is 1. The summed E-state index contributed by atoms with van der Waals surface area (Å²) in [6.45, 7) is 5.64. The second kappa shape index (κ2) is 2.97. The summed E-state index contributed by atoms with van der Waals surface area (Å²) in [4.78, 5) is 0. The van der Waals surface area contributed by atoms with Crippen LogP contribution in [0, 0.1) is 0 Å². The van der Waals surface area contributed by atoms with Crippen molar-refractivity contribution < 1.29 is 4.58 Å². The highest BCUT2D eigenvalue weighted by atomic mass is 15.1. The van der Waals surface area contributed by atoms with Crippen LogP contribution in [0.15, 0.2) is 36.0 Å². The number of fused-ring (bicyclic) bond motifs is 2. The van der Waals surface area contributed by atoms with Gasteiger partial charge in [-0.05, 0) is 13.8 Å². The molecule has 0 amide bonds. The van der Waals surface area contributed by atoms with E-state index in [9.17, 15) is 0 Å². The van der Waals surface area contributed by atoms with Crippen molar-refractivity contribution in [2.75, 3.05) is 6.54 Å². The van der Waals surface area contributed by atoms with Gasteiger partial charge in [-0.3, -0.25) is 0 Å². The summed E-state index contributed by atoms with van der Waals surface area (Å²) < 4.78 is 2.42. The molecule has 0 saturated heterocycles. The van der Waals surface area contributed by atoms with Gasteiger partial charge in [-0.15, -0.1) is 0 Å². The summed E-state index contributed by atoms with van der Waals surface area (Å²) in [5, 5.41) is 0. The average molecular weight is 213 g/mol. The van der Waals surface area contributed by atoms with Crippen LogP contribution in [-0.2, 0) is 5.41 Å². The highest BCUT2D eigenvalue weighted by molar-refractivity contribution is 6.07. The summed E-state index contributed by atoms with van der Waals surface area (Å²) in [5.74, 6) is 0. The van der Waals surface area contributed by atoms with E-state index in [-0.39, 0.29) is 5.41 Å². The minimum Gasteiger partial charge on any atom is -0.404 e. The van der Waals surface area contributed by atoms with Crippen LogP contribution >= 0.6 is 0 Å². The second-order valence-electron chi connectivity index (χ2n) is 5.08. The van der Waals surface area contributed by atoms with Crippen LogP contribution in [0.5, 0.6) is 0 Å². The third kappa shape index (κ3) is 0.993. The van der Waals surface area contributed by atoms with Gasteiger partial charge in [0.15, 0.2) is 12.3 Å². The van der Waals surface area contributed by atoms with Gasteiger partial charge in [0.05, 0.1) is 5.41 Å². The summed E-state index contributed by atoms with van der Waals surface area (Å²) >= 11 is 0. The molecular formula is C14H17N2+. The van der Waals surface area contributed by atoms with Crippen molar-refractivity contribution in [3.63, 3.8) is 0 Å². The van der Waals surface area contributed by atoms with Crippen molar-refractivity contribution in [1.29, 1.82) is 0 Å². The highest BCUT2D eigenvalue weighted by Crippen LogP contribution is 2.44. The minimum absolute atomic E-state index is 0.0955. The molecular weight excluding hydrogens is 196 g/mol. The molecule has 0 radical (unpaired) electrons. The Morgan fingerprint density at radius 2 is 2.06 bits per heavy atom. The third-order valence-corrected chi connectivity index (χ3v) is 3.84. The fourth-order valence-corrected chi connectivity index (χ4v) is 3.14. The molecule has 2 aliphatic rings. The molecule has 0 saturated carbocycles. The maximum Gasteiger partial charge on any atom is 0.209 e. The molecule has 2 nitrogen and oxygen atoms in total. The maximum absolute atomic E-state index is 5.74. The SMILES string of the molecule is CC1(C)C2=[N+](CC/C2=C\N)c2ccccc21. The first-order chi connectivity index (χ1) is 7.66. The Hall–Kier alpha value is -1.57. The van der Waals surface area contributed by atoms with Gasteiger partial charge in [0.1, 0.15) is 0 Å². The van der Waals surface area contributed by atoms with Crippen molar-refractivity contribution in [3.8, 4) is 0 Å². The molecule has 0 spiro atoms. The summed E-state index contributed by atoms with van der Waals surface area (Å²) in [6.07, 6.45) is 2.85. The van der Waals surface area contributed by atoms with E-state index in [0.29, 0.717) is 0 Å². The van der Waals surface area contributed by atoms with Gasteiger partial charge in [-0.2, -0.15) is 4.58 Å². The van der Waals surface area contributed by atoms with Crippen molar-refractivity contribution in [2.24, 2.45) is 5.73 Å². The van der Waals surface area contributed by atoms with Gasteiger partial charge in [0.2, 0.25) is 5.69 Å². The standard InChI is InChI=1S/C14H16N2/c1-14(2)11-5-3-4-6-12(11)16-8-7-10(9-15)13(14)16/h3-6,9,15H,7-8H2,1-2H3/p+1. The van der Waals surface area contributed by atoms with E-state index < -0.39 is 0 Å². The van der Waals surface area contributed by atoms with Gasteiger partial charge < -0.3 is 5.73 Å². The van der Waals surface area contributed by atoms with E-state index in [1.54, 1.807) is 6.20 Å². The third-order valence-electron chi connectivity index (χ3n) is 3.84. The average Bonchev–Trinajstić information content (AvgIpc) is 2.80. The Bertz CT molecular complexity index is 521. The number of benzene rings is 1. The molecule has 2 heterocycles. The van der Waals surface area contributed by atoms with E-state index in [2.05, 4.69) is 42.7 Å².